The molecule has 2 fully saturated rings. The smallest absolute Gasteiger partial charge is 0.254 e. The van der Waals surface area contributed by atoms with E-state index in [0.29, 0.717) is 34.9 Å². The van der Waals surface area contributed by atoms with Crippen molar-refractivity contribution < 1.29 is 14.1 Å². The summed E-state index contributed by atoms with van der Waals surface area (Å²) in [6.45, 7) is 3.51. The van der Waals surface area contributed by atoms with Crippen LogP contribution in [0.2, 0.25) is 0 Å². The number of hydrogen-bond donors (Lipinski definition) is 1. The Balaban J connectivity index is 1.41. The normalized spacial score (nSPS) is 25.2. The number of likely N-dealkylation sites (tertiary alicyclic amines) is 1. The second-order valence-corrected chi connectivity index (χ2v) is 6.92. The first-order chi connectivity index (χ1) is 12.1. The zero-order chi connectivity index (χ0) is 17.4. The second kappa shape index (κ2) is 6.48. The van der Waals surface area contributed by atoms with E-state index in [-0.39, 0.29) is 18.6 Å². The Morgan fingerprint density at radius 1 is 1.40 bits per heavy atom. The second-order valence-electron chi connectivity index (χ2n) is 6.92. The molecule has 3 unspecified atom stereocenters. The van der Waals surface area contributed by atoms with E-state index < -0.39 is 0 Å². The van der Waals surface area contributed by atoms with Gasteiger partial charge >= 0.3 is 0 Å². The van der Waals surface area contributed by atoms with Gasteiger partial charge in [0.25, 0.3) is 5.91 Å². The number of carbonyl (C=O) groups excluding carboxylic acids is 1. The maximum Gasteiger partial charge on any atom is 0.254 e. The number of hydrogen-bond acceptors (Lipinski definition) is 6. The molecule has 1 aliphatic carbocycles. The van der Waals surface area contributed by atoms with Crippen molar-refractivity contribution in [1.82, 2.24) is 15.0 Å². The van der Waals surface area contributed by atoms with Crippen molar-refractivity contribution in [1.29, 1.82) is 0 Å². The van der Waals surface area contributed by atoms with Crippen molar-refractivity contribution in [2.75, 3.05) is 13.1 Å². The lowest BCUT2D eigenvalue weighted by Crippen LogP contribution is -2.33. The third-order valence-corrected chi connectivity index (χ3v) is 5.22. The molecule has 2 N–H and O–H groups in total. The summed E-state index contributed by atoms with van der Waals surface area (Å²) < 4.78 is 10.6. The number of carbonyl (C=O) groups is 1. The summed E-state index contributed by atoms with van der Waals surface area (Å²) in [6, 6.07) is 7.46. The number of aryl methyl sites for hydroxylation is 1. The van der Waals surface area contributed by atoms with Gasteiger partial charge in [0.1, 0.15) is 5.75 Å². The Morgan fingerprint density at radius 3 is 3.04 bits per heavy atom. The zero-order valence-electron chi connectivity index (χ0n) is 14.2. The number of aromatic nitrogens is 2. The number of fused-ring (bicyclic) bond motifs is 1. The Bertz CT molecular complexity index is 775. The van der Waals surface area contributed by atoms with Gasteiger partial charge in [0, 0.05) is 31.6 Å². The van der Waals surface area contributed by atoms with Crippen molar-refractivity contribution in [3.05, 3.63) is 41.5 Å². The van der Waals surface area contributed by atoms with Gasteiger partial charge in [0.2, 0.25) is 11.7 Å². The van der Waals surface area contributed by atoms with Gasteiger partial charge in [-0.3, -0.25) is 4.79 Å². The Hall–Kier alpha value is -2.41. The van der Waals surface area contributed by atoms with Crippen LogP contribution in [0, 0.1) is 18.8 Å². The molecule has 2 aliphatic rings. The molecule has 132 valence electrons. The van der Waals surface area contributed by atoms with E-state index in [1.54, 1.807) is 13.0 Å². The fourth-order valence-corrected chi connectivity index (χ4v) is 3.92. The molecule has 1 saturated heterocycles. The molecule has 25 heavy (non-hydrogen) atoms. The van der Waals surface area contributed by atoms with Gasteiger partial charge in [-0.2, -0.15) is 4.98 Å². The molecule has 0 radical (unpaired) electrons. The summed E-state index contributed by atoms with van der Waals surface area (Å²) in [5.74, 6) is 2.65. The molecule has 7 heteroatoms. The van der Waals surface area contributed by atoms with Crippen molar-refractivity contribution in [2.24, 2.45) is 17.6 Å². The van der Waals surface area contributed by atoms with E-state index >= 15 is 0 Å². The number of nitrogens with two attached hydrogens (primary N) is 1. The fourth-order valence-electron chi connectivity index (χ4n) is 3.92. The highest BCUT2D eigenvalue weighted by Gasteiger charge is 2.42. The minimum atomic E-state index is 0.0439. The van der Waals surface area contributed by atoms with Crippen LogP contribution in [0.4, 0.5) is 0 Å². The number of rotatable bonds is 4. The molecule has 4 rings (SSSR count). The lowest BCUT2D eigenvalue weighted by atomic mass is 9.98. The van der Waals surface area contributed by atoms with Crippen molar-refractivity contribution >= 4 is 5.91 Å². The summed E-state index contributed by atoms with van der Waals surface area (Å²) >= 11 is 0. The zero-order valence-corrected chi connectivity index (χ0v) is 14.2. The molecule has 3 atom stereocenters. The van der Waals surface area contributed by atoms with Crippen LogP contribution >= 0.6 is 0 Å². The quantitative estimate of drug-likeness (QED) is 0.910. The van der Waals surface area contributed by atoms with Crippen LogP contribution in [0.25, 0.3) is 0 Å². The molecular formula is C18H22N4O3. The summed E-state index contributed by atoms with van der Waals surface area (Å²) in [7, 11) is 0. The molecule has 7 nitrogen and oxygen atoms in total. The van der Waals surface area contributed by atoms with E-state index in [2.05, 4.69) is 10.1 Å². The van der Waals surface area contributed by atoms with Crippen LogP contribution in [0.3, 0.4) is 0 Å². The summed E-state index contributed by atoms with van der Waals surface area (Å²) in [5.41, 5.74) is 6.80. The van der Waals surface area contributed by atoms with Crippen LogP contribution < -0.4 is 10.5 Å². The average molecular weight is 342 g/mol. The minimum Gasteiger partial charge on any atom is -0.485 e. The largest absolute Gasteiger partial charge is 0.485 e. The van der Waals surface area contributed by atoms with Crippen LogP contribution in [0.1, 0.15) is 34.9 Å². The molecule has 2 aromatic rings. The van der Waals surface area contributed by atoms with E-state index in [9.17, 15) is 4.79 Å². The topological polar surface area (TPSA) is 94.5 Å². The van der Waals surface area contributed by atoms with Crippen LogP contribution in [-0.2, 0) is 6.61 Å². The molecule has 0 spiro atoms. The van der Waals surface area contributed by atoms with Crippen molar-refractivity contribution in [3.8, 4) is 5.75 Å². The van der Waals surface area contributed by atoms with Gasteiger partial charge in [-0.1, -0.05) is 11.2 Å². The van der Waals surface area contributed by atoms with E-state index in [1.165, 1.54) is 0 Å². The van der Waals surface area contributed by atoms with Gasteiger partial charge in [-0.05, 0) is 42.9 Å². The summed E-state index contributed by atoms with van der Waals surface area (Å²) in [5, 5.41) is 3.79. The lowest BCUT2D eigenvalue weighted by molar-refractivity contribution is 0.0779. The van der Waals surface area contributed by atoms with Crippen LogP contribution in [0.5, 0.6) is 5.75 Å². The minimum absolute atomic E-state index is 0.0439. The van der Waals surface area contributed by atoms with E-state index in [1.807, 2.05) is 23.1 Å². The average Bonchev–Trinajstić information content (AvgIpc) is 3.31. The highest BCUT2D eigenvalue weighted by atomic mass is 16.5. The maximum absolute atomic E-state index is 12.8. The Labute approximate surface area is 146 Å². The monoisotopic (exact) mass is 342 g/mol. The summed E-state index contributed by atoms with van der Waals surface area (Å²) in [4.78, 5) is 18.8. The van der Waals surface area contributed by atoms with Gasteiger partial charge < -0.3 is 19.9 Å². The predicted octanol–water partition coefficient (Wildman–Crippen LogP) is 1.77. The third-order valence-electron chi connectivity index (χ3n) is 5.22. The fraction of sp³-hybridized carbons (Fsp3) is 0.500. The highest BCUT2D eigenvalue weighted by Crippen LogP contribution is 2.37. The Morgan fingerprint density at radius 2 is 2.28 bits per heavy atom. The van der Waals surface area contributed by atoms with E-state index in [4.69, 9.17) is 15.0 Å². The van der Waals surface area contributed by atoms with Gasteiger partial charge in [0.05, 0.1) is 0 Å². The lowest BCUT2D eigenvalue weighted by Gasteiger charge is -2.19. The molecule has 2 heterocycles. The number of amides is 1. The first kappa shape index (κ1) is 16.1. The number of benzene rings is 1. The van der Waals surface area contributed by atoms with E-state index in [0.717, 1.165) is 25.9 Å². The Kier molecular flexibility index (Phi) is 4.17. The first-order valence-corrected chi connectivity index (χ1v) is 8.67. The molecule has 1 aliphatic heterocycles. The highest BCUT2D eigenvalue weighted by molar-refractivity contribution is 5.94. The number of nitrogens with zero attached hydrogens (tertiary/aromatic N) is 3. The molecule has 1 saturated carbocycles. The van der Waals surface area contributed by atoms with Crippen LogP contribution in [0.15, 0.2) is 28.8 Å². The maximum atomic E-state index is 12.8. The standard InChI is InChI=1S/C18H22N4O3/c1-11-20-17(21-25-11)10-24-14-4-2-3-12(7-14)18(23)22-8-13-5-6-16(19)15(13)9-22/h2-4,7,13,15-16H,5-6,8-10,19H2,1H3. The van der Waals surface area contributed by atoms with Gasteiger partial charge in [-0.15, -0.1) is 0 Å². The number of ether oxygens (including phenoxy) is 1. The molecule has 1 aromatic carbocycles. The van der Waals surface area contributed by atoms with Crippen molar-refractivity contribution in [3.63, 3.8) is 0 Å². The van der Waals surface area contributed by atoms with Crippen LogP contribution in [-0.4, -0.2) is 40.1 Å². The summed E-state index contributed by atoms with van der Waals surface area (Å²) in [6.07, 6.45) is 2.21. The van der Waals surface area contributed by atoms with Crippen molar-refractivity contribution in [2.45, 2.75) is 32.4 Å². The van der Waals surface area contributed by atoms with Gasteiger partial charge in [-0.25, -0.2) is 0 Å². The third kappa shape index (κ3) is 3.24. The SMILES string of the molecule is Cc1nc(COc2cccc(C(=O)N3CC4CCC(N)C4C3)c2)no1. The molecular weight excluding hydrogens is 320 g/mol. The first-order valence-electron chi connectivity index (χ1n) is 8.67. The molecule has 0 bridgehead atoms. The predicted molar refractivity (Wildman–Crippen MR) is 89.9 cm³/mol. The molecule has 1 aromatic heterocycles. The molecule has 1 amide bonds. The van der Waals surface area contributed by atoms with Gasteiger partial charge in [0.15, 0.2) is 6.61 Å².